The molecule has 2 aliphatic heterocycles. The van der Waals surface area contributed by atoms with E-state index < -0.39 is 10.0 Å². The fraction of sp³-hybridized carbons (Fsp3) is 0.529. The molecule has 134 valence electrons. The Balaban J connectivity index is 1.71. The number of nitrogens with zero attached hydrogens (tertiary/aromatic N) is 5. The minimum Gasteiger partial charge on any atom is -0.311 e. The SMILES string of the molecule is CN1CCn2c(nnc2[C@H]2CCCCN2S(=O)(=O)c2ccccc2)C1. The fourth-order valence-corrected chi connectivity index (χ4v) is 5.40. The third-order valence-corrected chi connectivity index (χ3v) is 7.00. The molecule has 1 aromatic heterocycles. The number of aromatic nitrogens is 3. The van der Waals surface area contributed by atoms with Crippen LogP contribution in [0.25, 0.3) is 0 Å². The van der Waals surface area contributed by atoms with Gasteiger partial charge in [0.15, 0.2) is 5.82 Å². The van der Waals surface area contributed by atoms with E-state index in [-0.39, 0.29) is 6.04 Å². The van der Waals surface area contributed by atoms with E-state index in [4.69, 9.17) is 0 Å². The van der Waals surface area contributed by atoms with Gasteiger partial charge in [0, 0.05) is 19.6 Å². The van der Waals surface area contributed by atoms with Gasteiger partial charge in [0.2, 0.25) is 10.0 Å². The summed E-state index contributed by atoms with van der Waals surface area (Å²) >= 11 is 0. The van der Waals surface area contributed by atoms with Gasteiger partial charge in [0.05, 0.1) is 17.5 Å². The average Bonchev–Trinajstić information content (AvgIpc) is 3.05. The summed E-state index contributed by atoms with van der Waals surface area (Å²) in [4.78, 5) is 2.55. The number of rotatable bonds is 3. The second-order valence-corrected chi connectivity index (χ2v) is 8.69. The number of piperidine rings is 1. The summed E-state index contributed by atoms with van der Waals surface area (Å²) in [6.45, 7) is 3.02. The van der Waals surface area contributed by atoms with Crippen LogP contribution in [0.4, 0.5) is 0 Å². The van der Waals surface area contributed by atoms with Crippen molar-refractivity contribution >= 4 is 10.0 Å². The third kappa shape index (κ3) is 2.98. The largest absolute Gasteiger partial charge is 0.311 e. The Morgan fingerprint density at radius 1 is 1.04 bits per heavy atom. The van der Waals surface area contributed by atoms with E-state index in [1.54, 1.807) is 28.6 Å². The monoisotopic (exact) mass is 361 g/mol. The normalized spacial score (nSPS) is 22.7. The summed E-state index contributed by atoms with van der Waals surface area (Å²) in [5, 5.41) is 8.71. The van der Waals surface area contributed by atoms with Gasteiger partial charge in [-0.3, -0.25) is 4.90 Å². The molecule has 1 aromatic carbocycles. The van der Waals surface area contributed by atoms with E-state index >= 15 is 0 Å². The van der Waals surface area contributed by atoms with Crippen molar-refractivity contribution in [2.24, 2.45) is 0 Å². The van der Waals surface area contributed by atoms with Crippen molar-refractivity contribution in [1.82, 2.24) is 24.0 Å². The molecule has 0 bridgehead atoms. The highest BCUT2D eigenvalue weighted by Gasteiger charge is 2.38. The zero-order valence-electron chi connectivity index (χ0n) is 14.4. The Hall–Kier alpha value is -1.77. The molecule has 3 heterocycles. The summed E-state index contributed by atoms with van der Waals surface area (Å²) in [5.41, 5.74) is 0. The summed E-state index contributed by atoms with van der Waals surface area (Å²) in [6.07, 6.45) is 2.68. The molecule has 0 N–H and O–H groups in total. The van der Waals surface area contributed by atoms with Crippen LogP contribution < -0.4 is 0 Å². The predicted molar refractivity (Wildman–Crippen MR) is 93.3 cm³/mol. The molecule has 1 saturated heterocycles. The molecule has 1 fully saturated rings. The van der Waals surface area contributed by atoms with Gasteiger partial charge in [0.25, 0.3) is 0 Å². The zero-order chi connectivity index (χ0) is 17.4. The zero-order valence-corrected chi connectivity index (χ0v) is 15.2. The van der Waals surface area contributed by atoms with Crippen molar-refractivity contribution in [2.45, 2.75) is 43.3 Å². The van der Waals surface area contributed by atoms with E-state index in [0.717, 1.165) is 50.5 Å². The summed E-state index contributed by atoms with van der Waals surface area (Å²) in [7, 11) is -1.47. The highest BCUT2D eigenvalue weighted by molar-refractivity contribution is 7.89. The number of hydrogen-bond acceptors (Lipinski definition) is 5. The van der Waals surface area contributed by atoms with Crippen LogP contribution in [0, 0.1) is 0 Å². The van der Waals surface area contributed by atoms with Crippen LogP contribution in [0.15, 0.2) is 35.2 Å². The van der Waals surface area contributed by atoms with Crippen molar-refractivity contribution in [3.8, 4) is 0 Å². The molecular weight excluding hydrogens is 338 g/mol. The Kier molecular flexibility index (Phi) is 4.35. The van der Waals surface area contributed by atoms with Gasteiger partial charge >= 0.3 is 0 Å². The van der Waals surface area contributed by atoms with Crippen LogP contribution in [0.1, 0.15) is 37.0 Å². The van der Waals surface area contributed by atoms with E-state index in [1.807, 2.05) is 6.07 Å². The number of hydrogen-bond donors (Lipinski definition) is 0. The van der Waals surface area contributed by atoms with Gasteiger partial charge in [-0.2, -0.15) is 4.31 Å². The second-order valence-electron chi connectivity index (χ2n) is 6.80. The first kappa shape index (κ1) is 16.7. The summed E-state index contributed by atoms with van der Waals surface area (Å²) < 4.78 is 30.1. The smallest absolute Gasteiger partial charge is 0.243 e. The van der Waals surface area contributed by atoms with Crippen molar-refractivity contribution in [1.29, 1.82) is 0 Å². The van der Waals surface area contributed by atoms with Crippen molar-refractivity contribution < 1.29 is 8.42 Å². The van der Waals surface area contributed by atoms with Crippen LogP contribution in [-0.4, -0.2) is 52.5 Å². The van der Waals surface area contributed by atoms with E-state index in [0.29, 0.717) is 11.4 Å². The highest BCUT2D eigenvalue weighted by atomic mass is 32.2. The second kappa shape index (κ2) is 6.51. The molecule has 7 nitrogen and oxygen atoms in total. The number of sulfonamides is 1. The first-order valence-electron chi connectivity index (χ1n) is 8.75. The number of fused-ring (bicyclic) bond motifs is 1. The molecule has 2 aromatic rings. The molecular formula is C17H23N5O2S. The van der Waals surface area contributed by atoms with E-state index in [2.05, 4.69) is 26.7 Å². The highest BCUT2D eigenvalue weighted by Crippen LogP contribution is 2.35. The third-order valence-electron chi connectivity index (χ3n) is 5.07. The lowest BCUT2D eigenvalue weighted by Gasteiger charge is -2.35. The maximum absolute atomic E-state index is 13.2. The lowest BCUT2D eigenvalue weighted by Crippen LogP contribution is -2.40. The first-order chi connectivity index (χ1) is 12.1. The summed E-state index contributed by atoms with van der Waals surface area (Å²) in [6, 6.07) is 8.45. The molecule has 0 unspecified atom stereocenters. The average molecular weight is 361 g/mol. The molecule has 25 heavy (non-hydrogen) atoms. The van der Waals surface area contributed by atoms with Crippen LogP contribution in [0.5, 0.6) is 0 Å². The van der Waals surface area contributed by atoms with Gasteiger partial charge in [-0.25, -0.2) is 8.42 Å². The lowest BCUT2D eigenvalue weighted by molar-refractivity contribution is 0.224. The first-order valence-corrected chi connectivity index (χ1v) is 10.2. The van der Waals surface area contributed by atoms with Crippen molar-refractivity contribution in [3.05, 3.63) is 42.0 Å². The lowest BCUT2D eigenvalue weighted by atomic mass is 10.0. The van der Waals surface area contributed by atoms with E-state index in [1.165, 1.54) is 0 Å². The molecule has 4 rings (SSSR count). The molecule has 0 amide bonds. The van der Waals surface area contributed by atoms with Crippen molar-refractivity contribution in [3.63, 3.8) is 0 Å². The molecule has 8 heteroatoms. The molecule has 2 aliphatic rings. The van der Waals surface area contributed by atoms with Crippen LogP contribution in [-0.2, 0) is 23.1 Å². The van der Waals surface area contributed by atoms with Gasteiger partial charge in [-0.15, -0.1) is 10.2 Å². The Labute approximate surface area is 148 Å². The van der Waals surface area contributed by atoms with Crippen LogP contribution in [0.3, 0.4) is 0 Å². The Bertz CT molecular complexity index is 849. The maximum Gasteiger partial charge on any atom is 0.243 e. The topological polar surface area (TPSA) is 71.3 Å². The Morgan fingerprint density at radius 2 is 1.84 bits per heavy atom. The molecule has 0 radical (unpaired) electrons. The van der Waals surface area contributed by atoms with Gasteiger partial charge in [-0.1, -0.05) is 24.6 Å². The molecule has 0 saturated carbocycles. The van der Waals surface area contributed by atoms with Crippen LogP contribution in [0.2, 0.25) is 0 Å². The number of likely N-dealkylation sites (N-methyl/N-ethyl adjacent to an activating group) is 1. The van der Waals surface area contributed by atoms with Crippen LogP contribution >= 0.6 is 0 Å². The van der Waals surface area contributed by atoms with Gasteiger partial charge in [0.1, 0.15) is 5.82 Å². The minimum absolute atomic E-state index is 0.233. The predicted octanol–water partition coefficient (Wildman–Crippen LogP) is 1.64. The van der Waals surface area contributed by atoms with Gasteiger partial charge in [-0.05, 0) is 32.0 Å². The standard InChI is InChI=1S/C17H23N5O2S/c1-20-11-12-21-16(13-20)18-19-17(21)15-9-5-6-10-22(15)25(23,24)14-7-3-2-4-8-14/h2-4,7-8,15H,5-6,9-13H2,1H3/t15-/m1/s1. The molecule has 0 aliphatic carbocycles. The fourth-order valence-electron chi connectivity index (χ4n) is 3.73. The minimum atomic E-state index is -3.53. The number of benzene rings is 1. The quantitative estimate of drug-likeness (QED) is 0.831. The molecule has 0 spiro atoms. The van der Waals surface area contributed by atoms with Crippen molar-refractivity contribution in [2.75, 3.05) is 20.1 Å². The van der Waals surface area contributed by atoms with E-state index in [9.17, 15) is 8.42 Å². The maximum atomic E-state index is 13.2. The van der Waals surface area contributed by atoms with Gasteiger partial charge < -0.3 is 4.57 Å². The summed E-state index contributed by atoms with van der Waals surface area (Å²) in [5.74, 6) is 1.72. The Morgan fingerprint density at radius 3 is 2.64 bits per heavy atom. The molecule has 1 atom stereocenters.